The number of hydrogen-bond acceptors (Lipinski definition) is 2. The molecule has 0 saturated carbocycles. The molecule has 0 aliphatic heterocycles. The van der Waals surface area contributed by atoms with E-state index in [4.69, 9.17) is 4.42 Å². The number of furan rings is 1. The van der Waals surface area contributed by atoms with Crippen molar-refractivity contribution in [2.24, 2.45) is 0 Å². The van der Waals surface area contributed by atoms with E-state index in [1.165, 1.54) is 55.6 Å². The molecule has 63 heavy (non-hydrogen) atoms. The zero-order valence-electron chi connectivity index (χ0n) is 36.1. The van der Waals surface area contributed by atoms with Gasteiger partial charge in [-0.3, -0.25) is 0 Å². The van der Waals surface area contributed by atoms with E-state index >= 15 is 0 Å². The lowest BCUT2D eigenvalue weighted by Crippen LogP contribution is -2.31. The summed E-state index contributed by atoms with van der Waals surface area (Å²) in [5.41, 5.74) is 19.6. The van der Waals surface area contributed by atoms with Crippen molar-refractivity contribution < 1.29 is 4.42 Å². The van der Waals surface area contributed by atoms with Crippen LogP contribution in [0.5, 0.6) is 0 Å². The van der Waals surface area contributed by atoms with E-state index in [0.717, 1.165) is 50.1 Å². The van der Waals surface area contributed by atoms with Crippen LogP contribution in [-0.2, 0) is 16.2 Å². The zero-order chi connectivity index (χ0) is 42.5. The first-order valence-corrected chi connectivity index (χ1v) is 22.2. The minimum absolute atomic E-state index is 0.137. The molecule has 0 unspecified atom stereocenters. The maximum absolute atomic E-state index is 6.88. The van der Waals surface area contributed by atoms with Crippen LogP contribution in [0.2, 0.25) is 0 Å². The first-order valence-electron chi connectivity index (χ1n) is 22.2. The molecule has 2 aliphatic carbocycles. The van der Waals surface area contributed by atoms with Crippen molar-refractivity contribution in [3.05, 3.63) is 257 Å². The van der Waals surface area contributed by atoms with Gasteiger partial charge in [0.25, 0.3) is 0 Å². The molecular weight excluding hydrogens is 763 g/mol. The Bertz CT molecular complexity index is 3240. The van der Waals surface area contributed by atoms with Gasteiger partial charge in [0.2, 0.25) is 0 Å². The first-order chi connectivity index (χ1) is 30.8. The van der Waals surface area contributed by atoms with Crippen LogP contribution in [0.3, 0.4) is 0 Å². The molecule has 12 rings (SSSR count). The quantitative estimate of drug-likeness (QED) is 0.149. The summed E-state index contributed by atoms with van der Waals surface area (Å²) in [6.07, 6.45) is 0. The van der Waals surface area contributed by atoms with E-state index in [-0.39, 0.29) is 10.8 Å². The monoisotopic (exact) mass is 809 g/mol. The lowest BCUT2D eigenvalue weighted by atomic mass is 9.65. The third-order valence-electron chi connectivity index (χ3n) is 14.4. The van der Waals surface area contributed by atoms with Gasteiger partial charge in [-0.15, -0.1) is 0 Å². The number of rotatable bonds is 7. The van der Waals surface area contributed by atoms with Crippen LogP contribution >= 0.6 is 0 Å². The second-order valence-corrected chi connectivity index (χ2v) is 18.4. The molecule has 1 aromatic heterocycles. The molecule has 0 spiro atoms. The minimum atomic E-state index is -0.702. The Labute approximate surface area is 369 Å². The van der Waals surface area contributed by atoms with Gasteiger partial charge in [0.15, 0.2) is 0 Å². The SMILES string of the molecule is CC1(C)c2ccccc2-c2ccc(N(c3ccc(C(c4ccccc4)(c4ccccc4)c4cccc5c4oc4ccccc45)cc3)c3ccc4c(c3)C(C)(C)c3ccccc3-4)cc21. The van der Waals surface area contributed by atoms with Gasteiger partial charge in [-0.05, 0) is 104 Å². The summed E-state index contributed by atoms with van der Waals surface area (Å²) in [4.78, 5) is 2.47. The van der Waals surface area contributed by atoms with Crippen LogP contribution in [0.4, 0.5) is 17.1 Å². The summed E-state index contributed by atoms with van der Waals surface area (Å²) in [7, 11) is 0. The zero-order valence-corrected chi connectivity index (χ0v) is 36.1. The fourth-order valence-electron chi connectivity index (χ4n) is 11.4. The summed E-state index contributed by atoms with van der Waals surface area (Å²) in [6.45, 7) is 9.46. The van der Waals surface area contributed by atoms with E-state index in [2.05, 4.69) is 245 Å². The number of fused-ring (bicyclic) bond motifs is 9. The molecular formula is C61H47NO. The van der Waals surface area contributed by atoms with Gasteiger partial charge >= 0.3 is 0 Å². The standard InChI is InChI=1S/C61H47NO/c1-59(2)52-26-14-11-22-46(52)48-36-34-44(38-55(48)59)62(45-35-37-49-47-23-12-15-27-53(47)60(3,4)56(49)39-45)43-32-30-42(31-33-43)61(40-18-7-5-8-19-40,41-20-9-6-10-21-41)54-28-17-25-51-50-24-13-16-29-57(50)63-58(51)54/h5-39H,1-4H3. The van der Waals surface area contributed by atoms with Crippen molar-refractivity contribution in [2.45, 2.75) is 43.9 Å². The highest BCUT2D eigenvalue weighted by atomic mass is 16.3. The predicted octanol–water partition coefficient (Wildman–Crippen LogP) is 16.1. The Morgan fingerprint density at radius 2 is 0.810 bits per heavy atom. The van der Waals surface area contributed by atoms with Crippen LogP contribution in [0.15, 0.2) is 217 Å². The molecule has 2 heteroatoms. The first kappa shape index (κ1) is 37.4. The molecule has 1 heterocycles. The Balaban J connectivity index is 1.08. The van der Waals surface area contributed by atoms with E-state index < -0.39 is 5.41 Å². The van der Waals surface area contributed by atoms with Crippen molar-refractivity contribution in [2.75, 3.05) is 4.90 Å². The molecule has 0 saturated heterocycles. The molecule has 10 aromatic rings. The third kappa shape index (κ3) is 5.37. The van der Waals surface area contributed by atoms with Gasteiger partial charge in [-0.25, -0.2) is 0 Å². The summed E-state index contributed by atoms with van der Waals surface area (Å²) < 4.78 is 6.88. The average Bonchev–Trinajstić information content (AvgIpc) is 3.90. The van der Waals surface area contributed by atoms with E-state index in [1.54, 1.807) is 0 Å². The number of nitrogens with zero attached hydrogens (tertiary/aromatic N) is 1. The molecule has 9 aromatic carbocycles. The Morgan fingerprint density at radius 1 is 0.365 bits per heavy atom. The van der Waals surface area contributed by atoms with Crippen molar-refractivity contribution in [3.8, 4) is 22.3 Å². The molecule has 0 amide bonds. The Morgan fingerprint density at radius 3 is 1.38 bits per heavy atom. The van der Waals surface area contributed by atoms with Gasteiger partial charge in [0.05, 0.1) is 5.41 Å². The van der Waals surface area contributed by atoms with E-state index in [1.807, 2.05) is 0 Å². The lowest BCUT2D eigenvalue weighted by molar-refractivity contribution is 0.645. The number of para-hydroxylation sites is 2. The van der Waals surface area contributed by atoms with Crippen molar-refractivity contribution in [1.82, 2.24) is 0 Å². The van der Waals surface area contributed by atoms with Crippen LogP contribution < -0.4 is 4.90 Å². The van der Waals surface area contributed by atoms with Gasteiger partial charge in [-0.1, -0.05) is 198 Å². The number of benzene rings is 9. The van der Waals surface area contributed by atoms with E-state index in [0.29, 0.717) is 0 Å². The third-order valence-corrected chi connectivity index (χ3v) is 14.4. The molecule has 0 radical (unpaired) electrons. The highest BCUT2D eigenvalue weighted by Crippen LogP contribution is 2.54. The largest absolute Gasteiger partial charge is 0.456 e. The highest BCUT2D eigenvalue weighted by molar-refractivity contribution is 6.06. The summed E-state index contributed by atoms with van der Waals surface area (Å²) in [6, 6.07) is 78.3. The summed E-state index contributed by atoms with van der Waals surface area (Å²) in [5, 5.41) is 2.24. The fourth-order valence-corrected chi connectivity index (χ4v) is 11.4. The van der Waals surface area contributed by atoms with Crippen LogP contribution in [0.1, 0.15) is 72.2 Å². The van der Waals surface area contributed by atoms with Crippen LogP contribution in [0.25, 0.3) is 44.2 Å². The van der Waals surface area contributed by atoms with Gasteiger partial charge in [-0.2, -0.15) is 0 Å². The molecule has 0 atom stereocenters. The van der Waals surface area contributed by atoms with E-state index in [9.17, 15) is 0 Å². The van der Waals surface area contributed by atoms with Crippen LogP contribution in [0, 0.1) is 0 Å². The molecule has 0 N–H and O–H groups in total. The predicted molar refractivity (Wildman–Crippen MR) is 262 cm³/mol. The topological polar surface area (TPSA) is 16.4 Å². The normalized spacial score (nSPS) is 14.3. The summed E-state index contributed by atoms with van der Waals surface area (Å²) >= 11 is 0. The van der Waals surface area contributed by atoms with Gasteiger partial charge in [0.1, 0.15) is 11.2 Å². The molecule has 2 nitrogen and oxygen atoms in total. The smallest absolute Gasteiger partial charge is 0.140 e. The average molecular weight is 810 g/mol. The lowest BCUT2D eigenvalue weighted by Gasteiger charge is -2.37. The fraction of sp³-hybridized carbons (Fsp3) is 0.115. The maximum atomic E-state index is 6.88. The highest BCUT2D eigenvalue weighted by Gasteiger charge is 2.42. The molecule has 0 fully saturated rings. The Kier molecular flexibility index (Phi) is 8.18. The van der Waals surface area contributed by atoms with Gasteiger partial charge in [0, 0.05) is 44.2 Å². The second-order valence-electron chi connectivity index (χ2n) is 18.4. The Hall–Kier alpha value is -7.42. The van der Waals surface area contributed by atoms with Crippen LogP contribution in [-0.4, -0.2) is 0 Å². The second kappa shape index (κ2) is 13.8. The molecule has 302 valence electrons. The molecule has 2 aliphatic rings. The van der Waals surface area contributed by atoms with Gasteiger partial charge < -0.3 is 9.32 Å². The van der Waals surface area contributed by atoms with Crippen molar-refractivity contribution >= 4 is 39.0 Å². The van der Waals surface area contributed by atoms with Crippen molar-refractivity contribution in [1.29, 1.82) is 0 Å². The van der Waals surface area contributed by atoms with Crippen molar-refractivity contribution in [3.63, 3.8) is 0 Å². The maximum Gasteiger partial charge on any atom is 0.140 e. The minimum Gasteiger partial charge on any atom is -0.456 e. The number of hydrogen-bond donors (Lipinski definition) is 0. The molecule has 0 bridgehead atoms. The number of anilines is 3. The summed E-state index contributed by atoms with van der Waals surface area (Å²) in [5.74, 6) is 0.